The van der Waals surface area contributed by atoms with Gasteiger partial charge in [0.05, 0.1) is 5.01 Å². The number of aromatic nitrogens is 1. The minimum Gasteiger partial charge on any atom is -0.356 e. The largest absolute Gasteiger partial charge is 0.434 e. The molecule has 148 valence electrons. The van der Waals surface area contributed by atoms with Crippen molar-refractivity contribution in [1.82, 2.24) is 20.5 Å². The highest BCUT2D eigenvalue weighted by Crippen LogP contribution is 2.30. The van der Waals surface area contributed by atoms with Gasteiger partial charge in [-0.15, -0.1) is 11.3 Å². The van der Waals surface area contributed by atoms with Crippen LogP contribution >= 0.6 is 11.3 Å². The molecule has 5 nitrogen and oxygen atoms in total. The summed E-state index contributed by atoms with van der Waals surface area (Å²) in [6.45, 7) is 5.65. The number of nitrogens with zero attached hydrogens (tertiary/aromatic N) is 3. The third-order valence-corrected chi connectivity index (χ3v) is 5.52. The van der Waals surface area contributed by atoms with Crippen LogP contribution in [0.1, 0.15) is 43.3 Å². The van der Waals surface area contributed by atoms with E-state index in [1.807, 2.05) is 0 Å². The summed E-state index contributed by atoms with van der Waals surface area (Å²) in [5, 5.41) is 7.94. The van der Waals surface area contributed by atoms with E-state index < -0.39 is 11.9 Å². The first-order chi connectivity index (χ1) is 12.4. The van der Waals surface area contributed by atoms with Crippen LogP contribution in [0.2, 0.25) is 0 Å². The monoisotopic (exact) mass is 391 g/mol. The van der Waals surface area contributed by atoms with Crippen LogP contribution in [0.5, 0.6) is 0 Å². The van der Waals surface area contributed by atoms with Gasteiger partial charge in [0.2, 0.25) is 0 Å². The molecule has 0 saturated carbocycles. The number of alkyl halides is 3. The van der Waals surface area contributed by atoms with E-state index in [4.69, 9.17) is 0 Å². The molecule has 26 heavy (non-hydrogen) atoms. The van der Waals surface area contributed by atoms with E-state index in [1.54, 1.807) is 7.05 Å². The highest BCUT2D eigenvalue weighted by molar-refractivity contribution is 7.09. The Labute approximate surface area is 157 Å². The summed E-state index contributed by atoms with van der Waals surface area (Å²) in [7, 11) is 1.69. The lowest BCUT2D eigenvalue weighted by atomic mass is 10.0. The van der Waals surface area contributed by atoms with Crippen LogP contribution in [0.3, 0.4) is 0 Å². The van der Waals surface area contributed by atoms with Crippen molar-refractivity contribution in [2.75, 3.05) is 33.2 Å². The van der Waals surface area contributed by atoms with Gasteiger partial charge in [-0.05, 0) is 25.8 Å². The maximum Gasteiger partial charge on any atom is 0.434 e. The molecule has 0 aromatic carbocycles. The Bertz CT molecular complexity index is 573. The number of thiazole rings is 1. The van der Waals surface area contributed by atoms with E-state index in [2.05, 4.69) is 32.4 Å². The molecule has 0 bridgehead atoms. The molecule has 2 rings (SSSR count). The lowest BCUT2D eigenvalue weighted by molar-refractivity contribution is -0.140. The third kappa shape index (κ3) is 6.42. The zero-order chi connectivity index (χ0) is 19.0. The molecule has 0 spiro atoms. The van der Waals surface area contributed by atoms with Gasteiger partial charge in [0, 0.05) is 44.5 Å². The fourth-order valence-electron chi connectivity index (χ4n) is 3.20. The van der Waals surface area contributed by atoms with Crippen LogP contribution in [0, 0.1) is 0 Å². The second kappa shape index (κ2) is 10.1. The normalized spacial score (nSPS) is 19.6. The van der Waals surface area contributed by atoms with Gasteiger partial charge >= 0.3 is 6.18 Å². The molecule has 1 saturated heterocycles. The van der Waals surface area contributed by atoms with Crippen molar-refractivity contribution in [3.8, 4) is 0 Å². The van der Waals surface area contributed by atoms with Crippen LogP contribution in [-0.4, -0.2) is 55.1 Å². The van der Waals surface area contributed by atoms with E-state index in [9.17, 15) is 13.2 Å². The Morgan fingerprint density at radius 3 is 2.77 bits per heavy atom. The van der Waals surface area contributed by atoms with E-state index in [0.717, 1.165) is 36.4 Å². The summed E-state index contributed by atoms with van der Waals surface area (Å²) >= 11 is 1.04. The summed E-state index contributed by atoms with van der Waals surface area (Å²) in [4.78, 5) is 10.3. The average molecular weight is 392 g/mol. The zero-order valence-electron chi connectivity index (χ0n) is 15.4. The number of piperidine rings is 1. The zero-order valence-corrected chi connectivity index (χ0v) is 16.2. The second-order valence-corrected chi connectivity index (χ2v) is 7.34. The maximum atomic E-state index is 12.5. The molecule has 1 aliphatic heterocycles. The van der Waals surface area contributed by atoms with Gasteiger partial charge in [-0.25, -0.2) is 4.98 Å². The Balaban J connectivity index is 1.68. The van der Waals surface area contributed by atoms with Crippen LogP contribution in [-0.2, 0) is 12.6 Å². The van der Waals surface area contributed by atoms with E-state index in [-0.39, 0.29) is 0 Å². The molecule has 9 heteroatoms. The SMILES string of the molecule is CCC1CCCCN1CCNC(=NC)NCCc1nc(C(F)(F)F)cs1. The second-order valence-electron chi connectivity index (χ2n) is 6.39. The average Bonchev–Trinajstić information content (AvgIpc) is 3.10. The van der Waals surface area contributed by atoms with Crippen molar-refractivity contribution < 1.29 is 13.2 Å². The van der Waals surface area contributed by atoms with Gasteiger partial charge < -0.3 is 10.6 Å². The number of halogens is 3. The highest BCUT2D eigenvalue weighted by atomic mass is 32.1. The number of hydrogen-bond donors (Lipinski definition) is 2. The Morgan fingerprint density at radius 2 is 2.12 bits per heavy atom. The molecule has 1 aromatic heterocycles. The predicted octanol–water partition coefficient (Wildman–Crippen LogP) is 3.13. The molecule has 1 aromatic rings. The van der Waals surface area contributed by atoms with Crippen molar-refractivity contribution >= 4 is 17.3 Å². The van der Waals surface area contributed by atoms with Gasteiger partial charge in [0.1, 0.15) is 0 Å². The molecule has 0 radical (unpaired) electrons. The molecule has 2 heterocycles. The predicted molar refractivity (Wildman–Crippen MR) is 99.7 cm³/mol. The summed E-state index contributed by atoms with van der Waals surface area (Å²) in [6, 6.07) is 0.674. The summed E-state index contributed by atoms with van der Waals surface area (Å²) < 4.78 is 37.6. The van der Waals surface area contributed by atoms with Gasteiger partial charge in [-0.3, -0.25) is 9.89 Å². The van der Waals surface area contributed by atoms with E-state index >= 15 is 0 Å². The minimum absolute atomic E-state index is 0.436. The molecule has 1 unspecified atom stereocenters. The lowest BCUT2D eigenvalue weighted by Crippen LogP contribution is -2.46. The number of likely N-dealkylation sites (tertiary alicyclic amines) is 1. The number of hydrogen-bond acceptors (Lipinski definition) is 4. The van der Waals surface area contributed by atoms with E-state index in [1.165, 1.54) is 25.7 Å². The summed E-state index contributed by atoms with van der Waals surface area (Å²) in [6.07, 6.45) is 1.10. The van der Waals surface area contributed by atoms with Gasteiger partial charge in [0.25, 0.3) is 0 Å². The summed E-state index contributed by atoms with van der Waals surface area (Å²) in [5.41, 5.74) is -0.813. The first-order valence-corrected chi connectivity index (χ1v) is 10.0. The Hall–Kier alpha value is -1.35. The number of aliphatic imine (C=N–C) groups is 1. The highest BCUT2D eigenvalue weighted by Gasteiger charge is 2.33. The fraction of sp³-hybridized carbons (Fsp3) is 0.765. The van der Waals surface area contributed by atoms with Crippen molar-refractivity contribution in [3.05, 3.63) is 16.1 Å². The Kier molecular flexibility index (Phi) is 8.15. The maximum absolute atomic E-state index is 12.5. The number of guanidine groups is 1. The fourth-order valence-corrected chi connectivity index (χ4v) is 4.00. The molecule has 1 atom stereocenters. The molecule has 0 aliphatic carbocycles. The Morgan fingerprint density at radius 1 is 1.35 bits per heavy atom. The van der Waals surface area contributed by atoms with Crippen molar-refractivity contribution in [1.29, 1.82) is 0 Å². The summed E-state index contributed by atoms with van der Waals surface area (Å²) in [5.74, 6) is 0.669. The van der Waals surface area contributed by atoms with Gasteiger partial charge in [-0.2, -0.15) is 13.2 Å². The molecule has 0 amide bonds. The van der Waals surface area contributed by atoms with Crippen molar-refractivity contribution in [2.24, 2.45) is 4.99 Å². The molecule has 1 aliphatic rings. The third-order valence-electron chi connectivity index (χ3n) is 4.61. The van der Waals surface area contributed by atoms with Crippen molar-refractivity contribution in [3.63, 3.8) is 0 Å². The quantitative estimate of drug-likeness (QED) is 0.554. The van der Waals surface area contributed by atoms with Gasteiger partial charge in [0.15, 0.2) is 11.7 Å². The lowest BCUT2D eigenvalue weighted by Gasteiger charge is -2.35. The van der Waals surface area contributed by atoms with Crippen LogP contribution in [0.15, 0.2) is 10.4 Å². The minimum atomic E-state index is -4.37. The first kappa shape index (κ1) is 21.0. The topological polar surface area (TPSA) is 52.5 Å². The van der Waals surface area contributed by atoms with E-state index in [0.29, 0.717) is 30.0 Å². The van der Waals surface area contributed by atoms with Crippen LogP contribution in [0.4, 0.5) is 13.2 Å². The molecule has 1 fully saturated rings. The van der Waals surface area contributed by atoms with Gasteiger partial charge in [-0.1, -0.05) is 13.3 Å². The number of rotatable bonds is 7. The molecule has 2 N–H and O–H groups in total. The molecular weight excluding hydrogens is 363 g/mol. The number of nitrogens with one attached hydrogen (secondary N) is 2. The smallest absolute Gasteiger partial charge is 0.356 e. The standard InChI is InChI=1S/C17H28F3N5S/c1-3-13-6-4-5-10-25(13)11-9-23-16(21-2)22-8-7-15-24-14(12-26-15)17(18,19)20/h12-13H,3-11H2,1-2H3,(H2,21,22,23). The first-order valence-electron chi connectivity index (χ1n) is 9.14. The van der Waals surface area contributed by atoms with Crippen LogP contribution in [0.25, 0.3) is 0 Å². The van der Waals surface area contributed by atoms with Crippen molar-refractivity contribution in [2.45, 2.75) is 51.2 Å². The van der Waals surface area contributed by atoms with Crippen LogP contribution < -0.4 is 10.6 Å². The molecular formula is C17H28F3N5S.